The molecule has 1 unspecified atom stereocenters. The fourth-order valence-corrected chi connectivity index (χ4v) is 3.51. The first-order chi connectivity index (χ1) is 12.6. The molecule has 0 amide bonds. The predicted octanol–water partition coefficient (Wildman–Crippen LogP) is 3.17. The topological polar surface area (TPSA) is 74.9 Å². The zero-order chi connectivity index (χ0) is 18.1. The molecular formula is C19H19N5O2. The van der Waals surface area contributed by atoms with Crippen molar-refractivity contribution in [3.63, 3.8) is 0 Å². The van der Waals surface area contributed by atoms with Crippen molar-refractivity contribution in [2.24, 2.45) is 4.99 Å². The number of nitro groups is 1. The summed E-state index contributed by atoms with van der Waals surface area (Å²) in [7, 11) is 2.06. The fourth-order valence-electron chi connectivity index (χ4n) is 3.51. The maximum absolute atomic E-state index is 10.8. The Morgan fingerprint density at radius 2 is 2.00 bits per heavy atom. The second-order valence-electron chi connectivity index (χ2n) is 6.43. The number of non-ortho nitro benzene ring substituents is 1. The number of rotatable bonds is 3. The van der Waals surface area contributed by atoms with Gasteiger partial charge in [0.1, 0.15) is 0 Å². The van der Waals surface area contributed by atoms with Crippen molar-refractivity contribution in [1.29, 1.82) is 0 Å². The van der Waals surface area contributed by atoms with Crippen LogP contribution >= 0.6 is 0 Å². The van der Waals surface area contributed by atoms with E-state index in [1.165, 1.54) is 11.3 Å². The SMILES string of the molecule is CN1C2=C(C=NC1c1ccccn1)CN(c1ccc([N+](=O)[O-])cc1)CC2. The molecule has 2 aliphatic heterocycles. The number of nitrogens with zero attached hydrogens (tertiary/aromatic N) is 5. The summed E-state index contributed by atoms with van der Waals surface area (Å²) in [5.74, 6) is 0. The predicted molar refractivity (Wildman–Crippen MR) is 100 cm³/mol. The minimum Gasteiger partial charge on any atom is -0.367 e. The number of benzene rings is 1. The molecule has 1 aromatic carbocycles. The normalized spacial score (nSPS) is 19.5. The Labute approximate surface area is 151 Å². The van der Waals surface area contributed by atoms with E-state index in [4.69, 9.17) is 4.99 Å². The molecule has 2 aliphatic rings. The Kier molecular flexibility index (Phi) is 4.12. The average molecular weight is 349 g/mol. The highest BCUT2D eigenvalue weighted by atomic mass is 16.6. The van der Waals surface area contributed by atoms with Crippen LogP contribution in [0, 0.1) is 10.1 Å². The molecule has 3 heterocycles. The summed E-state index contributed by atoms with van der Waals surface area (Å²) in [6, 6.07) is 12.6. The first-order valence-electron chi connectivity index (χ1n) is 8.52. The number of aliphatic imine (C=N–C) groups is 1. The molecule has 2 aromatic rings. The van der Waals surface area contributed by atoms with Gasteiger partial charge in [-0.15, -0.1) is 0 Å². The van der Waals surface area contributed by atoms with E-state index in [9.17, 15) is 10.1 Å². The van der Waals surface area contributed by atoms with Crippen LogP contribution in [-0.2, 0) is 0 Å². The molecule has 0 radical (unpaired) electrons. The molecular weight excluding hydrogens is 330 g/mol. The van der Waals surface area contributed by atoms with Crippen molar-refractivity contribution in [3.8, 4) is 0 Å². The van der Waals surface area contributed by atoms with Gasteiger partial charge in [0.25, 0.3) is 5.69 Å². The van der Waals surface area contributed by atoms with Crippen molar-refractivity contribution in [2.75, 3.05) is 25.0 Å². The lowest BCUT2D eigenvalue weighted by Crippen LogP contribution is -2.39. The monoisotopic (exact) mass is 349 g/mol. The zero-order valence-electron chi connectivity index (χ0n) is 14.4. The maximum Gasteiger partial charge on any atom is 0.269 e. The van der Waals surface area contributed by atoms with Crippen LogP contribution in [0.1, 0.15) is 18.3 Å². The molecule has 0 spiro atoms. The summed E-state index contributed by atoms with van der Waals surface area (Å²) in [5, 5.41) is 10.8. The van der Waals surface area contributed by atoms with Crippen LogP contribution in [0.5, 0.6) is 0 Å². The molecule has 132 valence electrons. The Hall–Kier alpha value is -3.22. The van der Waals surface area contributed by atoms with E-state index in [0.717, 1.165) is 30.9 Å². The fraction of sp³-hybridized carbons (Fsp3) is 0.263. The van der Waals surface area contributed by atoms with Gasteiger partial charge in [-0.3, -0.25) is 20.1 Å². The number of nitro benzene ring substituents is 1. The highest BCUT2D eigenvalue weighted by Crippen LogP contribution is 2.33. The van der Waals surface area contributed by atoms with Crippen LogP contribution in [0.25, 0.3) is 0 Å². The molecule has 0 saturated carbocycles. The van der Waals surface area contributed by atoms with Gasteiger partial charge in [-0.05, 0) is 24.3 Å². The number of hydrogen-bond donors (Lipinski definition) is 0. The maximum atomic E-state index is 10.8. The highest BCUT2D eigenvalue weighted by Gasteiger charge is 2.29. The molecule has 0 aliphatic carbocycles. The van der Waals surface area contributed by atoms with Gasteiger partial charge in [0, 0.05) is 68.1 Å². The average Bonchev–Trinajstić information content (AvgIpc) is 2.69. The summed E-state index contributed by atoms with van der Waals surface area (Å²) >= 11 is 0. The minimum absolute atomic E-state index is 0.0825. The van der Waals surface area contributed by atoms with Crippen LogP contribution in [0.3, 0.4) is 0 Å². The third-order valence-electron chi connectivity index (χ3n) is 4.89. The van der Waals surface area contributed by atoms with E-state index in [1.807, 2.05) is 36.5 Å². The first-order valence-corrected chi connectivity index (χ1v) is 8.52. The summed E-state index contributed by atoms with van der Waals surface area (Å²) in [6.07, 6.45) is 4.56. The van der Waals surface area contributed by atoms with Crippen LogP contribution in [0.2, 0.25) is 0 Å². The third kappa shape index (κ3) is 2.92. The first kappa shape index (κ1) is 16.3. The number of pyridine rings is 1. The van der Waals surface area contributed by atoms with E-state index in [2.05, 4.69) is 21.8 Å². The summed E-state index contributed by atoms with van der Waals surface area (Å²) in [4.78, 5) is 24.0. The molecule has 4 rings (SSSR count). The van der Waals surface area contributed by atoms with E-state index >= 15 is 0 Å². The van der Waals surface area contributed by atoms with Crippen molar-refractivity contribution in [3.05, 3.63) is 75.7 Å². The van der Waals surface area contributed by atoms with E-state index in [-0.39, 0.29) is 16.8 Å². The van der Waals surface area contributed by atoms with E-state index in [0.29, 0.717) is 0 Å². The molecule has 0 fully saturated rings. The number of aromatic nitrogens is 1. The molecule has 7 nitrogen and oxygen atoms in total. The molecule has 1 aromatic heterocycles. The molecule has 0 saturated heterocycles. The van der Waals surface area contributed by atoms with Gasteiger partial charge in [-0.2, -0.15) is 0 Å². The van der Waals surface area contributed by atoms with Crippen LogP contribution in [-0.4, -0.2) is 41.2 Å². The lowest BCUT2D eigenvalue weighted by Gasteiger charge is -2.39. The molecule has 0 bridgehead atoms. The Morgan fingerprint density at radius 1 is 1.19 bits per heavy atom. The van der Waals surface area contributed by atoms with Crippen molar-refractivity contribution in [2.45, 2.75) is 12.6 Å². The molecule has 26 heavy (non-hydrogen) atoms. The largest absolute Gasteiger partial charge is 0.367 e. The quantitative estimate of drug-likeness (QED) is 0.628. The van der Waals surface area contributed by atoms with Gasteiger partial charge < -0.3 is 9.80 Å². The van der Waals surface area contributed by atoms with Gasteiger partial charge >= 0.3 is 0 Å². The van der Waals surface area contributed by atoms with E-state index < -0.39 is 0 Å². The lowest BCUT2D eigenvalue weighted by molar-refractivity contribution is -0.384. The minimum atomic E-state index is -0.374. The van der Waals surface area contributed by atoms with Gasteiger partial charge in [-0.25, -0.2) is 0 Å². The summed E-state index contributed by atoms with van der Waals surface area (Å²) < 4.78 is 0. The second kappa shape index (κ2) is 6.59. The smallest absolute Gasteiger partial charge is 0.269 e. The van der Waals surface area contributed by atoms with Gasteiger partial charge in [0.15, 0.2) is 6.17 Å². The standard InChI is InChI=1S/C19H19N5O2/c1-22-18-9-11-23(15-5-7-16(8-6-15)24(25)26)13-14(18)12-21-19(22)17-4-2-3-10-20-17/h2-8,10,12,19H,9,11,13H2,1H3. The van der Waals surface area contributed by atoms with Crippen LogP contribution < -0.4 is 4.90 Å². The van der Waals surface area contributed by atoms with Gasteiger partial charge in [0.2, 0.25) is 0 Å². The number of anilines is 1. The second-order valence-corrected chi connectivity index (χ2v) is 6.43. The Morgan fingerprint density at radius 3 is 2.69 bits per heavy atom. The van der Waals surface area contributed by atoms with Crippen LogP contribution in [0.4, 0.5) is 11.4 Å². The van der Waals surface area contributed by atoms with Crippen molar-refractivity contribution < 1.29 is 4.92 Å². The number of hydrogen-bond acceptors (Lipinski definition) is 6. The van der Waals surface area contributed by atoms with Gasteiger partial charge in [0.05, 0.1) is 10.6 Å². The molecule has 7 heteroatoms. The van der Waals surface area contributed by atoms with Crippen molar-refractivity contribution in [1.82, 2.24) is 9.88 Å². The summed E-state index contributed by atoms with van der Waals surface area (Å²) in [5.41, 5.74) is 4.52. The summed E-state index contributed by atoms with van der Waals surface area (Å²) in [6.45, 7) is 1.61. The van der Waals surface area contributed by atoms with Gasteiger partial charge in [-0.1, -0.05) is 6.07 Å². The molecule has 1 atom stereocenters. The molecule has 0 N–H and O–H groups in total. The highest BCUT2D eigenvalue weighted by molar-refractivity contribution is 5.83. The van der Waals surface area contributed by atoms with Crippen LogP contribution in [0.15, 0.2) is 64.9 Å². The third-order valence-corrected chi connectivity index (χ3v) is 4.89. The zero-order valence-corrected chi connectivity index (χ0v) is 14.4. The lowest BCUT2D eigenvalue weighted by atomic mass is 10.0. The van der Waals surface area contributed by atoms with Crippen molar-refractivity contribution >= 4 is 17.6 Å². The Bertz CT molecular complexity index is 877. The Balaban J connectivity index is 1.53. The van der Waals surface area contributed by atoms with E-state index in [1.54, 1.807) is 18.3 Å².